The van der Waals surface area contributed by atoms with E-state index in [0.717, 1.165) is 43.4 Å². The second kappa shape index (κ2) is 10.9. The molecule has 1 aromatic heterocycles. The lowest BCUT2D eigenvalue weighted by Gasteiger charge is -2.39. The molecule has 4 N–H and O–H groups in total. The lowest BCUT2D eigenvalue weighted by molar-refractivity contribution is -0.135. The Bertz CT molecular complexity index is 1330. The van der Waals surface area contributed by atoms with Crippen LogP contribution in [0.4, 0.5) is 0 Å². The first kappa shape index (κ1) is 27.4. The molecular weight excluding hydrogens is 524 g/mol. The van der Waals surface area contributed by atoms with Crippen molar-refractivity contribution in [1.29, 1.82) is 0 Å². The van der Waals surface area contributed by atoms with Crippen LogP contribution in [0.1, 0.15) is 61.9 Å². The number of aryl methyl sites for hydroxylation is 1. The van der Waals surface area contributed by atoms with Crippen LogP contribution in [0.3, 0.4) is 0 Å². The molecule has 2 saturated heterocycles. The summed E-state index contributed by atoms with van der Waals surface area (Å²) in [6.45, 7) is 0.950. The number of carbonyl (C=O) groups excluding carboxylic acids is 4. The summed E-state index contributed by atoms with van der Waals surface area (Å²) < 4.78 is 1.67. The average Bonchev–Trinajstić information content (AvgIpc) is 3.87. The topological polar surface area (TPSA) is 146 Å². The first-order valence-electron chi connectivity index (χ1n) is 14.7. The number of aromatic nitrogens is 2. The normalized spacial score (nSPS) is 24.4. The van der Waals surface area contributed by atoms with Crippen molar-refractivity contribution in [3.63, 3.8) is 0 Å². The number of carbonyl (C=O) groups is 4. The van der Waals surface area contributed by atoms with Gasteiger partial charge in [0.05, 0.1) is 11.7 Å². The van der Waals surface area contributed by atoms with Crippen molar-refractivity contribution in [2.45, 2.75) is 75.6 Å². The number of aliphatic hydroxyl groups excluding tert-OH is 1. The SMILES string of the molecule is Cn1nc(C(=O)N2CCC3(CC3)C[C@H]2C(=O)N[C@@H](C[C@@H]2CCNC2=O)C(O)C(=O)NC2CC2)cc1-c1ccccc1. The molecular formula is C30H38N6O5. The number of benzene rings is 1. The third-order valence-electron chi connectivity index (χ3n) is 9.18. The lowest BCUT2D eigenvalue weighted by atomic mass is 9.86. The van der Waals surface area contributed by atoms with Gasteiger partial charge in [-0.3, -0.25) is 23.9 Å². The fraction of sp³-hybridized carbons (Fsp3) is 0.567. The second-order valence-electron chi connectivity index (χ2n) is 12.2. The van der Waals surface area contributed by atoms with Gasteiger partial charge in [-0.25, -0.2) is 0 Å². The maximum atomic E-state index is 13.9. The average molecular weight is 563 g/mol. The van der Waals surface area contributed by atoms with E-state index in [-0.39, 0.29) is 35.4 Å². The van der Waals surface area contributed by atoms with E-state index >= 15 is 0 Å². The molecule has 2 aliphatic heterocycles. The van der Waals surface area contributed by atoms with Crippen molar-refractivity contribution >= 4 is 23.6 Å². The van der Waals surface area contributed by atoms with Crippen LogP contribution in [0.2, 0.25) is 0 Å². The molecule has 2 aromatic rings. The van der Waals surface area contributed by atoms with Gasteiger partial charge in [-0.1, -0.05) is 30.3 Å². The Labute approximate surface area is 239 Å². The van der Waals surface area contributed by atoms with Crippen LogP contribution in [0, 0.1) is 11.3 Å². The van der Waals surface area contributed by atoms with Gasteiger partial charge >= 0.3 is 0 Å². The minimum atomic E-state index is -1.50. The fourth-order valence-electron chi connectivity index (χ4n) is 6.26. The maximum absolute atomic E-state index is 13.9. The van der Waals surface area contributed by atoms with E-state index in [1.807, 2.05) is 30.3 Å². The summed E-state index contributed by atoms with van der Waals surface area (Å²) in [4.78, 5) is 54.4. The van der Waals surface area contributed by atoms with Crippen molar-refractivity contribution in [3.8, 4) is 11.3 Å². The van der Waals surface area contributed by atoms with E-state index in [4.69, 9.17) is 0 Å². The summed E-state index contributed by atoms with van der Waals surface area (Å²) in [5.41, 5.74) is 2.04. The Morgan fingerprint density at radius 2 is 1.90 bits per heavy atom. The molecule has 41 heavy (non-hydrogen) atoms. The van der Waals surface area contributed by atoms with E-state index < -0.39 is 35.9 Å². The molecule has 1 aromatic carbocycles. The summed E-state index contributed by atoms with van der Waals surface area (Å²) >= 11 is 0. The minimum Gasteiger partial charge on any atom is -0.381 e. The highest BCUT2D eigenvalue weighted by molar-refractivity contribution is 5.97. The third-order valence-corrected chi connectivity index (χ3v) is 9.18. The molecule has 4 aliphatic rings. The number of hydrogen-bond acceptors (Lipinski definition) is 6. The summed E-state index contributed by atoms with van der Waals surface area (Å²) in [6, 6.07) is 9.76. The molecule has 6 rings (SSSR count). The summed E-state index contributed by atoms with van der Waals surface area (Å²) in [6.07, 6.45) is 4.30. The van der Waals surface area contributed by atoms with E-state index in [0.29, 0.717) is 25.9 Å². The molecule has 2 aliphatic carbocycles. The standard InChI is InChI=1S/C30H38N6O5/c1-35-23(18-5-3-2-4-6-18)16-22(34-35)29(41)36-14-12-30(10-11-30)17-24(36)27(39)33-21(15-19-9-13-31-26(19)38)25(37)28(40)32-20-7-8-20/h2-6,16,19-21,24-25,37H,7-15,17H2,1H3,(H,31,38)(H,32,40)(H,33,39)/t19-,21-,24-,25?/m0/s1. The molecule has 0 bridgehead atoms. The predicted octanol–water partition coefficient (Wildman–Crippen LogP) is 1.12. The molecule has 4 atom stereocenters. The third kappa shape index (κ3) is 5.86. The Morgan fingerprint density at radius 3 is 2.56 bits per heavy atom. The zero-order valence-electron chi connectivity index (χ0n) is 23.3. The molecule has 4 fully saturated rings. The largest absolute Gasteiger partial charge is 0.381 e. The van der Waals surface area contributed by atoms with Crippen LogP contribution in [0.5, 0.6) is 0 Å². The second-order valence-corrected chi connectivity index (χ2v) is 12.2. The van der Waals surface area contributed by atoms with Crippen LogP contribution in [0.25, 0.3) is 11.3 Å². The smallest absolute Gasteiger partial charge is 0.275 e. The maximum Gasteiger partial charge on any atom is 0.275 e. The number of hydrogen-bond donors (Lipinski definition) is 4. The van der Waals surface area contributed by atoms with Gasteiger partial charge in [-0.05, 0) is 68.4 Å². The van der Waals surface area contributed by atoms with Crippen molar-refractivity contribution in [3.05, 3.63) is 42.1 Å². The highest BCUT2D eigenvalue weighted by Gasteiger charge is 2.51. The highest BCUT2D eigenvalue weighted by Crippen LogP contribution is 2.55. The van der Waals surface area contributed by atoms with E-state index in [9.17, 15) is 24.3 Å². The molecule has 2 saturated carbocycles. The van der Waals surface area contributed by atoms with Gasteiger partial charge in [0.2, 0.25) is 11.8 Å². The number of likely N-dealkylation sites (tertiary alicyclic amines) is 1. The van der Waals surface area contributed by atoms with Crippen LogP contribution >= 0.6 is 0 Å². The first-order valence-corrected chi connectivity index (χ1v) is 14.7. The molecule has 1 spiro atoms. The van der Waals surface area contributed by atoms with Crippen molar-refractivity contribution < 1.29 is 24.3 Å². The number of nitrogens with zero attached hydrogens (tertiary/aromatic N) is 3. The lowest BCUT2D eigenvalue weighted by Crippen LogP contribution is -2.59. The van der Waals surface area contributed by atoms with Crippen LogP contribution < -0.4 is 16.0 Å². The minimum absolute atomic E-state index is 0.0426. The fourth-order valence-corrected chi connectivity index (χ4v) is 6.26. The Morgan fingerprint density at radius 1 is 1.15 bits per heavy atom. The van der Waals surface area contributed by atoms with E-state index in [1.54, 1.807) is 22.7 Å². The quantitative estimate of drug-likeness (QED) is 0.360. The zero-order chi connectivity index (χ0) is 28.7. The molecule has 4 amide bonds. The number of piperidine rings is 1. The van der Waals surface area contributed by atoms with Crippen LogP contribution in [-0.4, -0.2) is 80.7 Å². The van der Waals surface area contributed by atoms with Gasteiger partial charge in [0.25, 0.3) is 11.8 Å². The van der Waals surface area contributed by atoms with E-state index in [2.05, 4.69) is 21.0 Å². The van der Waals surface area contributed by atoms with Gasteiger partial charge in [0, 0.05) is 32.1 Å². The molecule has 11 heteroatoms. The summed E-state index contributed by atoms with van der Waals surface area (Å²) in [7, 11) is 1.79. The van der Waals surface area contributed by atoms with Crippen molar-refractivity contribution in [1.82, 2.24) is 30.6 Å². The predicted molar refractivity (Wildman–Crippen MR) is 149 cm³/mol. The first-order chi connectivity index (χ1) is 19.7. The van der Waals surface area contributed by atoms with Gasteiger partial charge in [-0.15, -0.1) is 0 Å². The van der Waals surface area contributed by atoms with E-state index in [1.165, 1.54) is 0 Å². The Hall–Kier alpha value is -3.73. The Balaban J connectivity index is 1.22. The highest BCUT2D eigenvalue weighted by atomic mass is 16.3. The Kier molecular flexibility index (Phi) is 7.31. The summed E-state index contributed by atoms with van der Waals surface area (Å²) in [5, 5.41) is 24.0. The van der Waals surface area contributed by atoms with Gasteiger partial charge in [0.1, 0.15) is 6.04 Å². The monoisotopic (exact) mass is 562 g/mol. The molecule has 1 unspecified atom stereocenters. The number of amides is 4. The molecule has 11 nitrogen and oxygen atoms in total. The molecule has 3 heterocycles. The number of aliphatic hydroxyl groups is 1. The number of rotatable bonds is 9. The summed E-state index contributed by atoms with van der Waals surface area (Å²) in [5.74, 6) is -1.84. The van der Waals surface area contributed by atoms with Gasteiger partial charge in [0.15, 0.2) is 11.8 Å². The van der Waals surface area contributed by atoms with Crippen molar-refractivity contribution in [2.24, 2.45) is 18.4 Å². The number of nitrogens with one attached hydrogen (secondary N) is 3. The zero-order valence-corrected chi connectivity index (χ0v) is 23.3. The van der Waals surface area contributed by atoms with Gasteiger partial charge in [-0.2, -0.15) is 5.10 Å². The van der Waals surface area contributed by atoms with Crippen LogP contribution in [-0.2, 0) is 21.4 Å². The molecule has 0 radical (unpaired) electrons. The molecule has 218 valence electrons. The van der Waals surface area contributed by atoms with Crippen LogP contribution in [0.15, 0.2) is 36.4 Å². The van der Waals surface area contributed by atoms with Gasteiger partial charge < -0.3 is 26.0 Å². The van der Waals surface area contributed by atoms with Crippen molar-refractivity contribution in [2.75, 3.05) is 13.1 Å².